The van der Waals surface area contributed by atoms with E-state index in [1.807, 2.05) is 0 Å². The molecule has 0 bridgehead atoms. The number of hydrogen-bond donors (Lipinski definition) is 1. The van der Waals surface area contributed by atoms with Crippen molar-refractivity contribution in [3.8, 4) is 0 Å². The fraction of sp³-hybridized carbons (Fsp3) is 0.909. The lowest BCUT2D eigenvalue weighted by atomic mass is 10.1. The number of amides is 1. The number of halogens is 3. The Kier molecular flexibility index (Phi) is 10.7. The summed E-state index contributed by atoms with van der Waals surface area (Å²) >= 11 is 3.38. The smallest absolute Gasteiger partial charge is 0.261 e. The molecule has 0 aromatic carbocycles. The molecule has 0 fully saturated rings. The van der Waals surface area contributed by atoms with Crippen molar-refractivity contribution in [1.29, 1.82) is 0 Å². The highest BCUT2D eigenvalue weighted by Crippen LogP contribution is 2.07. The molecule has 17 heavy (non-hydrogen) atoms. The minimum absolute atomic E-state index is 0.0496. The molecule has 0 spiro atoms. The molecule has 0 aliphatic rings. The molecule has 1 amide bonds. The number of carbonyl (C=O) groups is 1. The topological polar surface area (TPSA) is 38.3 Å². The number of alkyl halides is 3. The second-order valence-corrected chi connectivity index (χ2v) is 4.62. The summed E-state index contributed by atoms with van der Waals surface area (Å²) in [5.41, 5.74) is 0. The molecule has 0 aromatic rings. The van der Waals surface area contributed by atoms with E-state index in [1.165, 1.54) is 0 Å². The first-order valence-corrected chi connectivity index (χ1v) is 6.87. The second kappa shape index (κ2) is 10.9. The van der Waals surface area contributed by atoms with E-state index in [2.05, 4.69) is 32.9 Å². The summed E-state index contributed by atoms with van der Waals surface area (Å²) in [6, 6.07) is 0. The highest BCUT2D eigenvalue weighted by Gasteiger charge is 2.05. The molecule has 0 saturated heterocycles. The third-order valence-electron chi connectivity index (χ3n) is 2.18. The lowest BCUT2D eigenvalue weighted by molar-refractivity contribution is -0.122. The van der Waals surface area contributed by atoms with Crippen LogP contribution >= 0.6 is 15.9 Å². The predicted molar refractivity (Wildman–Crippen MR) is 66.6 cm³/mol. The van der Waals surface area contributed by atoms with E-state index in [0.717, 1.165) is 18.2 Å². The van der Waals surface area contributed by atoms with Gasteiger partial charge in [0, 0.05) is 18.3 Å². The van der Waals surface area contributed by atoms with Crippen molar-refractivity contribution in [2.75, 3.05) is 25.1 Å². The molecule has 0 radical (unpaired) electrons. The minimum atomic E-state index is -2.47. The van der Waals surface area contributed by atoms with Gasteiger partial charge in [-0.3, -0.25) is 4.79 Å². The molecule has 3 nitrogen and oxygen atoms in total. The van der Waals surface area contributed by atoms with Gasteiger partial charge in [-0.15, -0.1) is 0 Å². The molecular weight excluding hydrogens is 296 g/mol. The maximum Gasteiger partial charge on any atom is 0.261 e. The fourth-order valence-corrected chi connectivity index (χ4v) is 1.50. The number of rotatable bonds is 10. The highest BCUT2D eigenvalue weighted by molar-refractivity contribution is 9.09. The molecule has 0 aliphatic carbocycles. The van der Waals surface area contributed by atoms with E-state index in [1.54, 1.807) is 0 Å². The second-order valence-electron chi connectivity index (χ2n) is 3.97. The van der Waals surface area contributed by atoms with E-state index in [9.17, 15) is 13.6 Å². The molecule has 1 unspecified atom stereocenters. The Hall–Kier alpha value is -0.230. The van der Waals surface area contributed by atoms with Gasteiger partial charge in [-0.2, -0.15) is 0 Å². The minimum Gasteiger partial charge on any atom is -0.375 e. The Morgan fingerprint density at radius 1 is 1.47 bits per heavy atom. The van der Waals surface area contributed by atoms with E-state index in [0.29, 0.717) is 12.5 Å². The first-order valence-electron chi connectivity index (χ1n) is 5.74. The summed E-state index contributed by atoms with van der Waals surface area (Å²) in [4.78, 5) is 11.2. The number of ether oxygens (including phenoxy) is 1. The van der Waals surface area contributed by atoms with Crippen LogP contribution in [0.3, 0.4) is 0 Å². The van der Waals surface area contributed by atoms with Crippen LogP contribution in [0.15, 0.2) is 0 Å². The zero-order valence-corrected chi connectivity index (χ0v) is 11.6. The lowest BCUT2D eigenvalue weighted by Gasteiger charge is -2.08. The Morgan fingerprint density at radius 2 is 2.18 bits per heavy atom. The SMILES string of the molecule is CC(CBr)CCCNC(=O)CCOCC(F)F. The van der Waals surface area contributed by atoms with Gasteiger partial charge in [0.15, 0.2) is 0 Å². The van der Waals surface area contributed by atoms with Crippen molar-refractivity contribution in [2.24, 2.45) is 5.92 Å². The zero-order chi connectivity index (χ0) is 13.1. The molecule has 0 aliphatic heterocycles. The van der Waals surface area contributed by atoms with Crippen molar-refractivity contribution >= 4 is 21.8 Å². The number of nitrogens with one attached hydrogen (secondary N) is 1. The number of carbonyl (C=O) groups excluding carboxylic acids is 1. The maximum atomic E-state index is 11.7. The van der Waals surface area contributed by atoms with Gasteiger partial charge < -0.3 is 10.1 Å². The van der Waals surface area contributed by atoms with Crippen LogP contribution < -0.4 is 5.32 Å². The van der Waals surface area contributed by atoms with Gasteiger partial charge in [0.1, 0.15) is 6.61 Å². The molecule has 0 heterocycles. The van der Waals surface area contributed by atoms with Crippen molar-refractivity contribution in [2.45, 2.75) is 32.6 Å². The zero-order valence-electron chi connectivity index (χ0n) is 10.1. The van der Waals surface area contributed by atoms with Gasteiger partial charge in [0.25, 0.3) is 6.43 Å². The Morgan fingerprint density at radius 3 is 2.76 bits per heavy atom. The summed E-state index contributed by atoms with van der Waals surface area (Å²) in [7, 11) is 0. The third-order valence-corrected chi connectivity index (χ3v) is 3.28. The Bertz CT molecular complexity index is 206. The van der Waals surface area contributed by atoms with E-state index >= 15 is 0 Å². The third kappa shape index (κ3) is 12.0. The molecule has 0 rings (SSSR count). The normalized spacial score (nSPS) is 12.8. The summed E-state index contributed by atoms with van der Waals surface area (Å²) < 4.78 is 28.0. The van der Waals surface area contributed by atoms with Crippen LogP contribution in [-0.4, -0.2) is 37.4 Å². The Balaban J connectivity index is 3.29. The highest BCUT2D eigenvalue weighted by atomic mass is 79.9. The summed E-state index contributed by atoms with van der Waals surface area (Å²) in [6.45, 7) is 2.21. The maximum absolute atomic E-state index is 11.7. The fourth-order valence-electron chi connectivity index (χ4n) is 1.18. The molecular formula is C11H20BrF2NO2. The average Bonchev–Trinajstić information content (AvgIpc) is 2.29. The monoisotopic (exact) mass is 315 g/mol. The van der Waals surface area contributed by atoms with Crippen LogP contribution in [0.2, 0.25) is 0 Å². The van der Waals surface area contributed by atoms with Crippen LogP contribution in [0.25, 0.3) is 0 Å². The molecule has 0 aromatic heterocycles. The summed E-state index contributed by atoms with van der Waals surface area (Å²) in [5, 5.41) is 3.69. The summed E-state index contributed by atoms with van der Waals surface area (Å²) in [5.74, 6) is 0.451. The average molecular weight is 316 g/mol. The Labute approximate surface area is 109 Å². The predicted octanol–water partition coefficient (Wildman–Crippen LogP) is 2.59. The van der Waals surface area contributed by atoms with Crippen molar-refractivity contribution in [3.63, 3.8) is 0 Å². The largest absolute Gasteiger partial charge is 0.375 e. The van der Waals surface area contributed by atoms with Gasteiger partial charge in [0.2, 0.25) is 5.91 Å². The van der Waals surface area contributed by atoms with Gasteiger partial charge in [-0.25, -0.2) is 8.78 Å². The molecule has 6 heteroatoms. The van der Waals surface area contributed by atoms with Gasteiger partial charge in [0.05, 0.1) is 6.61 Å². The van der Waals surface area contributed by atoms with Crippen LogP contribution in [0.1, 0.15) is 26.2 Å². The van der Waals surface area contributed by atoms with Gasteiger partial charge in [-0.05, 0) is 18.8 Å². The van der Waals surface area contributed by atoms with E-state index in [-0.39, 0.29) is 18.9 Å². The van der Waals surface area contributed by atoms with Crippen molar-refractivity contribution < 1.29 is 18.3 Å². The van der Waals surface area contributed by atoms with Gasteiger partial charge >= 0.3 is 0 Å². The quantitative estimate of drug-likeness (QED) is 0.497. The van der Waals surface area contributed by atoms with Gasteiger partial charge in [-0.1, -0.05) is 22.9 Å². The van der Waals surface area contributed by atoms with Crippen LogP contribution in [0.5, 0.6) is 0 Å². The van der Waals surface area contributed by atoms with Crippen LogP contribution in [-0.2, 0) is 9.53 Å². The van der Waals surface area contributed by atoms with Crippen molar-refractivity contribution in [3.05, 3.63) is 0 Å². The van der Waals surface area contributed by atoms with Crippen LogP contribution in [0, 0.1) is 5.92 Å². The molecule has 0 saturated carbocycles. The van der Waals surface area contributed by atoms with E-state index in [4.69, 9.17) is 0 Å². The molecule has 1 N–H and O–H groups in total. The first-order chi connectivity index (χ1) is 8.06. The lowest BCUT2D eigenvalue weighted by Crippen LogP contribution is -2.26. The van der Waals surface area contributed by atoms with Crippen LogP contribution in [0.4, 0.5) is 8.78 Å². The van der Waals surface area contributed by atoms with E-state index < -0.39 is 13.0 Å². The first kappa shape index (κ1) is 16.8. The standard InChI is InChI=1S/C11H20BrF2NO2/c1-9(7-12)3-2-5-15-11(16)4-6-17-8-10(13)14/h9-10H,2-8H2,1H3,(H,15,16). The summed E-state index contributed by atoms with van der Waals surface area (Å²) in [6.07, 6.45) is -0.353. The van der Waals surface area contributed by atoms with Crippen molar-refractivity contribution in [1.82, 2.24) is 5.32 Å². The molecule has 102 valence electrons. The number of hydrogen-bond acceptors (Lipinski definition) is 2. The molecule has 1 atom stereocenters.